The molecule has 0 saturated heterocycles. The zero-order valence-corrected chi connectivity index (χ0v) is 13.3. The second-order valence-corrected chi connectivity index (χ2v) is 6.36. The van der Waals surface area contributed by atoms with E-state index in [1.807, 2.05) is 31.2 Å². The van der Waals surface area contributed by atoms with E-state index in [-0.39, 0.29) is 6.10 Å². The maximum atomic E-state index is 6.06. The normalized spacial score (nSPS) is 11.4. The average molecular weight is 329 g/mol. The molecule has 0 aliphatic carbocycles. The minimum absolute atomic E-state index is 0.0780. The number of hydrogen-bond acceptors (Lipinski definition) is 1. The van der Waals surface area contributed by atoms with E-state index in [0.717, 1.165) is 11.9 Å². The third kappa shape index (κ3) is 4.87. The Morgan fingerprint density at radius 3 is 2.30 bits per heavy atom. The van der Waals surface area contributed by atoms with Crippen LogP contribution in [-0.4, -0.2) is 20.5 Å². The van der Waals surface area contributed by atoms with Gasteiger partial charge < -0.3 is 0 Å². The Hall–Kier alpha value is -1.52. The number of rotatable bonds is 6. The van der Waals surface area contributed by atoms with Crippen LogP contribution in [0.4, 0.5) is 0 Å². The van der Waals surface area contributed by atoms with E-state index in [0.29, 0.717) is 15.0 Å². The monoisotopic (exact) mass is 330 g/mol. The van der Waals surface area contributed by atoms with Crippen LogP contribution in [0, 0.1) is 11.8 Å². The summed E-state index contributed by atoms with van der Waals surface area (Å²) in [6.07, 6.45) is 0.833. The van der Waals surface area contributed by atoms with Gasteiger partial charge in [0.05, 0.1) is 0 Å². The van der Waals surface area contributed by atoms with E-state index in [1.54, 1.807) is 0 Å². The first-order valence-electron chi connectivity index (χ1n) is 6.64. The third-order valence-electron chi connectivity index (χ3n) is 2.87. The van der Waals surface area contributed by atoms with Gasteiger partial charge in [-0.1, -0.05) is 0 Å². The first-order valence-corrected chi connectivity index (χ1v) is 8.71. The van der Waals surface area contributed by atoms with Crippen LogP contribution in [0.3, 0.4) is 0 Å². The van der Waals surface area contributed by atoms with Crippen molar-refractivity contribution in [2.45, 2.75) is 19.4 Å². The van der Waals surface area contributed by atoms with Crippen LogP contribution in [0.25, 0.3) is 0 Å². The Labute approximate surface area is 127 Å². The predicted molar refractivity (Wildman–Crippen MR) is 85.0 cm³/mol. The zero-order valence-electron chi connectivity index (χ0n) is 11.6. The average Bonchev–Trinajstić information content (AvgIpc) is 2.52. The molecule has 0 bridgehead atoms. The maximum absolute atomic E-state index is 6.06. The third-order valence-corrected chi connectivity index (χ3v) is 4.68. The van der Waals surface area contributed by atoms with Crippen molar-refractivity contribution >= 4 is 19.4 Å². The van der Waals surface area contributed by atoms with Crippen LogP contribution in [0.15, 0.2) is 60.7 Å². The molecular formula is C18H18OSe. The van der Waals surface area contributed by atoms with Gasteiger partial charge in [0.25, 0.3) is 0 Å². The van der Waals surface area contributed by atoms with Crippen molar-refractivity contribution in [2.24, 2.45) is 0 Å². The molecule has 2 aromatic carbocycles. The molecule has 0 amide bonds. The molecule has 0 heterocycles. The zero-order chi connectivity index (χ0) is 14.0. The van der Waals surface area contributed by atoms with E-state index in [9.17, 15) is 0 Å². The molecule has 0 aliphatic rings. The SMILES string of the molecule is CC#CCC(OC[Se]c1ccccc1)c1ccccc1. The molecule has 2 aromatic rings. The van der Waals surface area contributed by atoms with Crippen LogP contribution in [0.2, 0.25) is 0 Å². The Morgan fingerprint density at radius 2 is 1.65 bits per heavy atom. The Bertz CT molecular complexity index is 554. The van der Waals surface area contributed by atoms with E-state index in [1.165, 1.54) is 10.0 Å². The van der Waals surface area contributed by atoms with Crippen molar-refractivity contribution in [2.75, 3.05) is 5.51 Å². The molecule has 1 atom stereocenters. The van der Waals surface area contributed by atoms with Crippen LogP contribution < -0.4 is 4.46 Å². The molecule has 0 N–H and O–H groups in total. The molecular weight excluding hydrogens is 311 g/mol. The molecule has 2 rings (SSSR count). The summed E-state index contributed by atoms with van der Waals surface area (Å²) in [5, 5.41) is 0. The van der Waals surface area contributed by atoms with Gasteiger partial charge in [0.15, 0.2) is 0 Å². The first kappa shape index (κ1) is 14.9. The molecule has 2 heteroatoms. The van der Waals surface area contributed by atoms with Crippen molar-refractivity contribution in [1.82, 2.24) is 0 Å². The van der Waals surface area contributed by atoms with Crippen LogP contribution in [0.5, 0.6) is 0 Å². The van der Waals surface area contributed by atoms with Gasteiger partial charge in [0, 0.05) is 0 Å². The Balaban J connectivity index is 1.92. The predicted octanol–water partition coefficient (Wildman–Crippen LogP) is 3.14. The van der Waals surface area contributed by atoms with Gasteiger partial charge in [0.2, 0.25) is 0 Å². The standard InChI is InChI=1S/C18H18OSe/c1-2-3-14-18(16-10-6-4-7-11-16)19-15-20-17-12-8-5-9-13-17/h4-13,18H,14-15H2,1H3. The summed E-state index contributed by atoms with van der Waals surface area (Å²) in [6, 6.07) is 20.9. The molecule has 0 fully saturated rings. The van der Waals surface area contributed by atoms with Crippen molar-refractivity contribution in [1.29, 1.82) is 0 Å². The van der Waals surface area contributed by atoms with Gasteiger partial charge in [-0.3, -0.25) is 0 Å². The molecule has 102 valence electrons. The molecule has 0 aliphatic heterocycles. The minimum atomic E-state index is 0.0780. The number of ether oxygens (including phenoxy) is 1. The first-order chi connectivity index (χ1) is 9.90. The topological polar surface area (TPSA) is 9.23 Å². The van der Waals surface area contributed by atoms with Gasteiger partial charge in [-0.2, -0.15) is 0 Å². The summed E-state index contributed by atoms with van der Waals surface area (Å²) >= 11 is 0.355. The quantitative estimate of drug-likeness (QED) is 0.584. The van der Waals surface area contributed by atoms with E-state index in [4.69, 9.17) is 4.74 Å². The summed E-state index contributed by atoms with van der Waals surface area (Å²) in [5.41, 5.74) is 1.99. The number of hydrogen-bond donors (Lipinski definition) is 0. The Kier molecular flexibility index (Phi) is 6.41. The van der Waals surface area contributed by atoms with E-state index in [2.05, 4.69) is 48.2 Å². The fourth-order valence-corrected chi connectivity index (χ4v) is 3.34. The van der Waals surface area contributed by atoms with Gasteiger partial charge in [-0.25, -0.2) is 0 Å². The van der Waals surface area contributed by atoms with E-state index >= 15 is 0 Å². The summed E-state index contributed by atoms with van der Waals surface area (Å²) in [6.45, 7) is 1.87. The van der Waals surface area contributed by atoms with Crippen molar-refractivity contribution in [3.63, 3.8) is 0 Å². The van der Waals surface area contributed by atoms with Gasteiger partial charge in [-0.05, 0) is 0 Å². The summed E-state index contributed by atoms with van der Waals surface area (Å²) < 4.78 is 7.43. The van der Waals surface area contributed by atoms with Gasteiger partial charge in [0.1, 0.15) is 0 Å². The summed E-state index contributed by atoms with van der Waals surface area (Å²) in [4.78, 5) is 0. The second-order valence-electron chi connectivity index (χ2n) is 4.27. The fraction of sp³-hybridized carbons (Fsp3) is 0.222. The van der Waals surface area contributed by atoms with Crippen LogP contribution in [-0.2, 0) is 4.74 Å². The molecule has 0 spiro atoms. The molecule has 1 nitrogen and oxygen atoms in total. The molecule has 0 radical (unpaired) electrons. The van der Waals surface area contributed by atoms with Crippen molar-refractivity contribution in [3.05, 3.63) is 66.2 Å². The molecule has 0 saturated carbocycles. The fourth-order valence-electron chi connectivity index (χ4n) is 1.84. The molecule has 0 aromatic heterocycles. The second kappa shape index (κ2) is 8.61. The molecule has 1 unspecified atom stereocenters. The van der Waals surface area contributed by atoms with Crippen molar-refractivity contribution in [3.8, 4) is 11.8 Å². The Morgan fingerprint density at radius 1 is 1.00 bits per heavy atom. The van der Waals surface area contributed by atoms with Gasteiger partial charge in [-0.15, -0.1) is 0 Å². The number of benzene rings is 2. The van der Waals surface area contributed by atoms with E-state index < -0.39 is 0 Å². The van der Waals surface area contributed by atoms with Crippen LogP contribution >= 0.6 is 0 Å². The summed E-state index contributed by atoms with van der Waals surface area (Å²) in [5.74, 6) is 6.08. The molecule has 20 heavy (non-hydrogen) atoms. The van der Waals surface area contributed by atoms with Crippen molar-refractivity contribution < 1.29 is 4.74 Å². The summed E-state index contributed by atoms with van der Waals surface area (Å²) in [7, 11) is 0. The van der Waals surface area contributed by atoms with Crippen LogP contribution in [0.1, 0.15) is 25.0 Å². The van der Waals surface area contributed by atoms with Gasteiger partial charge >= 0.3 is 127 Å².